The average molecular weight is 390 g/mol. The molecule has 0 N–H and O–H groups in total. The van der Waals surface area contributed by atoms with Crippen LogP contribution in [0.25, 0.3) is 11.3 Å². The molecule has 5 heteroatoms. The van der Waals surface area contributed by atoms with Crippen molar-refractivity contribution in [1.82, 2.24) is 9.88 Å². The topological polar surface area (TPSA) is 34.6 Å². The summed E-state index contributed by atoms with van der Waals surface area (Å²) in [4.78, 5) is 6.66. The fourth-order valence-corrected chi connectivity index (χ4v) is 4.25. The van der Waals surface area contributed by atoms with Crippen LogP contribution in [0.2, 0.25) is 0 Å². The van der Waals surface area contributed by atoms with Crippen molar-refractivity contribution in [3.05, 3.63) is 77.7 Å². The number of ether oxygens (including phenoxy) is 2. The number of halogens is 1. The lowest BCUT2D eigenvalue weighted by Gasteiger charge is -2.27. The molecule has 0 amide bonds. The van der Waals surface area contributed by atoms with E-state index in [0.29, 0.717) is 25.3 Å². The van der Waals surface area contributed by atoms with Crippen molar-refractivity contribution in [3.63, 3.8) is 0 Å². The number of fused-ring (bicyclic) bond motifs is 1. The monoisotopic (exact) mass is 390 g/mol. The molecular weight excluding hydrogens is 367 g/mol. The summed E-state index contributed by atoms with van der Waals surface area (Å²) in [7, 11) is 0. The van der Waals surface area contributed by atoms with Crippen molar-refractivity contribution in [3.8, 4) is 22.8 Å². The summed E-state index contributed by atoms with van der Waals surface area (Å²) < 4.78 is 26.2. The number of aromatic nitrogens is 1. The predicted molar refractivity (Wildman–Crippen MR) is 109 cm³/mol. The van der Waals surface area contributed by atoms with Crippen molar-refractivity contribution in [2.45, 2.75) is 25.4 Å². The highest BCUT2D eigenvalue weighted by Gasteiger charge is 2.28. The van der Waals surface area contributed by atoms with Gasteiger partial charge < -0.3 is 9.47 Å². The van der Waals surface area contributed by atoms with Crippen LogP contribution in [0.1, 0.15) is 30.0 Å². The Hall–Kier alpha value is -2.92. The molecule has 1 unspecified atom stereocenters. The van der Waals surface area contributed by atoms with E-state index in [4.69, 9.17) is 9.47 Å². The Bertz CT molecular complexity index is 1010. The molecule has 1 atom stereocenters. The van der Waals surface area contributed by atoms with E-state index in [1.54, 1.807) is 12.3 Å². The molecule has 1 fully saturated rings. The summed E-state index contributed by atoms with van der Waals surface area (Å²) in [6.45, 7) is 2.72. The first-order chi connectivity index (χ1) is 14.3. The number of benzene rings is 2. The summed E-state index contributed by atoms with van der Waals surface area (Å²) in [5.74, 6) is 1.44. The second-order valence-corrected chi connectivity index (χ2v) is 7.55. The smallest absolute Gasteiger partial charge is 0.161 e. The largest absolute Gasteiger partial charge is 0.486 e. The van der Waals surface area contributed by atoms with E-state index < -0.39 is 0 Å². The average Bonchev–Trinajstić information content (AvgIpc) is 3.23. The fraction of sp³-hybridized carbons (Fsp3) is 0.292. The number of likely N-dealkylation sites (tertiary alicyclic amines) is 1. The molecule has 3 heterocycles. The first-order valence-corrected chi connectivity index (χ1v) is 10.1. The summed E-state index contributed by atoms with van der Waals surface area (Å²) >= 11 is 0. The van der Waals surface area contributed by atoms with Gasteiger partial charge in [0, 0.05) is 29.9 Å². The molecule has 3 aromatic rings. The molecular formula is C24H23FN2O2. The normalized spacial score (nSPS) is 18.7. The molecule has 5 rings (SSSR count). The molecule has 1 aromatic heterocycles. The third-order valence-corrected chi connectivity index (χ3v) is 5.70. The van der Waals surface area contributed by atoms with Gasteiger partial charge in [0.05, 0.1) is 5.69 Å². The minimum Gasteiger partial charge on any atom is -0.486 e. The van der Waals surface area contributed by atoms with Gasteiger partial charge in [-0.25, -0.2) is 4.39 Å². The lowest BCUT2D eigenvalue weighted by Crippen LogP contribution is -2.23. The van der Waals surface area contributed by atoms with Gasteiger partial charge in [-0.1, -0.05) is 24.3 Å². The summed E-state index contributed by atoms with van der Waals surface area (Å²) in [5, 5.41) is 0. The van der Waals surface area contributed by atoms with Gasteiger partial charge in [-0.2, -0.15) is 0 Å². The Kier molecular flexibility index (Phi) is 4.90. The van der Waals surface area contributed by atoms with Crippen LogP contribution in [0.5, 0.6) is 11.5 Å². The lowest BCUT2D eigenvalue weighted by molar-refractivity contribution is 0.170. The minimum atomic E-state index is -0.180. The van der Waals surface area contributed by atoms with Crippen LogP contribution in [-0.4, -0.2) is 29.6 Å². The van der Waals surface area contributed by atoms with Gasteiger partial charge in [0.15, 0.2) is 11.5 Å². The molecule has 148 valence electrons. The Morgan fingerprint density at radius 2 is 1.90 bits per heavy atom. The van der Waals surface area contributed by atoms with Crippen molar-refractivity contribution >= 4 is 0 Å². The van der Waals surface area contributed by atoms with Crippen LogP contribution >= 0.6 is 0 Å². The zero-order chi connectivity index (χ0) is 19.6. The Morgan fingerprint density at radius 1 is 1.00 bits per heavy atom. The highest BCUT2D eigenvalue weighted by atomic mass is 19.1. The van der Waals surface area contributed by atoms with Crippen LogP contribution in [0.15, 0.2) is 60.8 Å². The van der Waals surface area contributed by atoms with E-state index in [-0.39, 0.29) is 11.9 Å². The Labute approximate surface area is 169 Å². The Balaban J connectivity index is 1.36. The standard InChI is InChI=1S/C24H23FN2O2/c25-20-14-17(21-4-1-2-10-26-21)6-7-19(20)16-27-11-3-5-22(27)18-8-9-23-24(15-18)29-13-12-28-23/h1-2,4,6-10,14-15,22H,3,5,11-13,16H2. The SMILES string of the molecule is Fc1cc(-c2ccccn2)ccc1CN1CCCC1c1ccc2c(c1)OCCO2. The van der Waals surface area contributed by atoms with Crippen LogP contribution in [0, 0.1) is 5.82 Å². The van der Waals surface area contributed by atoms with E-state index >= 15 is 0 Å². The van der Waals surface area contributed by atoms with Crippen LogP contribution in [-0.2, 0) is 6.54 Å². The molecule has 4 nitrogen and oxygen atoms in total. The zero-order valence-electron chi connectivity index (χ0n) is 16.2. The Morgan fingerprint density at radius 3 is 2.72 bits per heavy atom. The van der Waals surface area contributed by atoms with Gasteiger partial charge in [-0.3, -0.25) is 9.88 Å². The van der Waals surface area contributed by atoms with Gasteiger partial charge >= 0.3 is 0 Å². The van der Waals surface area contributed by atoms with E-state index in [1.165, 1.54) is 5.56 Å². The summed E-state index contributed by atoms with van der Waals surface area (Å²) in [5.41, 5.74) is 3.51. The van der Waals surface area contributed by atoms with Crippen molar-refractivity contribution in [1.29, 1.82) is 0 Å². The maximum absolute atomic E-state index is 14.9. The lowest BCUT2D eigenvalue weighted by atomic mass is 10.0. The van der Waals surface area contributed by atoms with Gasteiger partial charge in [0.25, 0.3) is 0 Å². The number of hydrogen-bond donors (Lipinski definition) is 0. The first kappa shape index (κ1) is 18.1. The number of nitrogens with zero attached hydrogens (tertiary/aromatic N) is 2. The number of rotatable bonds is 4. The van der Waals surface area contributed by atoms with Crippen molar-refractivity contribution in [2.75, 3.05) is 19.8 Å². The molecule has 0 aliphatic carbocycles. The third kappa shape index (κ3) is 3.70. The van der Waals surface area contributed by atoms with Crippen LogP contribution in [0.3, 0.4) is 0 Å². The molecule has 0 saturated carbocycles. The van der Waals surface area contributed by atoms with E-state index in [0.717, 1.165) is 42.1 Å². The molecule has 2 aliphatic heterocycles. The molecule has 29 heavy (non-hydrogen) atoms. The highest BCUT2D eigenvalue weighted by molar-refractivity contribution is 5.59. The zero-order valence-corrected chi connectivity index (χ0v) is 16.2. The van der Waals surface area contributed by atoms with Crippen LogP contribution in [0.4, 0.5) is 4.39 Å². The van der Waals surface area contributed by atoms with Crippen molar-refractivity contribution in [2.24, 2.45) is 0 Å². The summed E-state index contributed by atoms with van der Waals surface area (Å²) in [6.07, 6.45) is 3.89. The highest BCUT2D eigenvalue weighted by Crippen LogP contribution is 2.39. The maximum atomic E-state index is 14.9. The van der Waals surface area contributed by atoms with Crippen LogP contribution < -0.4 is 9.47 Å². The van der Waals surface area contributed by atoms with E-state index in [2.05, 4.69) is 22.0 Å². The maximum Gasteiger partial charge on any atom is 0.161 e. The fourth-order valence-electron chi connectivity index (χ4n) is 4.25. The molecule has 0 spiro atoms. The van der Waals surface area contributed by atoms with Crippen molar-refractivity contribution < 1.29 is 13.9 Å². The number of hydrogen-bond acceptors (Lipinski definition) is 4. The number of pyridine rings is 1. The summed E-state index contributed by atoms with van der Waals surface area (Å²) in [6, 6.07) is 17.5. The van der Waals surface area contributed by atoms with E-state index in [1.807, 2.05) is 36.4 Å². The molecule has 2 aliphatic rings. The second-order valence-electron chi connectivity index (χ2n) is 7.55. The van der Waals surface area contributed by atoms with Gasteiger partial charge in [0.2, 0.25) is 0 Å². The second kappa shape index (κ2) is 7.84. The third-order valence-electron chi connectivity index (χ3n) is 5.70. The molecule has 1 saturated heterocycles. The van der Waals surface area contributed by atoms with Gasteiger partial charge in [-0.05, 0) is 55.3 Å². The molecule has 0 bridgehead atoms. The predicted octanol–water partition coefficient (Wildman–Crippen LogP) is 5.00. The van der Waals surface area contributed by atoms with Gasteiger partial charge in [0.1, 0.15) is 19.0 Å². The van der Waals surface area contributed by atoms with E-state index in [9.17, 15) is 4.39 Å². The molecule has 2 aromatic carbocycles. The van der Waals surface area contributed by atoms with Gasteiger partial charge in [-0.15, -0.1) is 0 Å². The molecule has 0 radical (unpaired) electrons. The minimum absolute atomic E-state index is 0.180. The quantitative estimate of drug-likeness (QED) is 0.628. The first-order valence-electron chi connectivity index (χ1n) is 10.1.